The lowest BCUT2D eigenvalue weighted by atomic mass is 10.1. The van der Waals surface area contributed by atoms with Crippen LogP contribution in [-0.4, -0.2) is 28.6 Å². The van der Waals surface area contributed by atoms with E-state index in [1.807, 2.05) is 13.8 Å². The van der Waals surface area contributed by atoms with Gasteiger partial charge in [0.05, 0.1) is 12.1 Å². The minimum atomic E-state index is -0.354. The largest absolute Gasteiger partial charge is 0.504 e. The van der Waals surface area contributed by atoms with E-state index in [0.29, 0.717) is 0 Å². The second-order valence-corrected chi connectivity index (χ2v) is 3.63. The molecule has 0 bridgehead atoms. The minimum Gasteiger partial charge on any atom is -0.504 e. The average Bonchev–Trinajstić information content (AvgIpc) is 2.18. The summed E-state index contributed by atoms with van der Waals surface area (Å²) < 4.78 is 0. The Bertz CT molecular complexity index is 361. The average molecular weight is 209 g/mol. The number of benzene rings is 1. The Balaban J connectivity index is 2.78. The van der Waals surface area contributed by atoms with Gasteiger partial charge in [-0.3, -0.25) is 4.79 Å². The Labute approximate surface area is 88.6 Å². The second kappa shape index (κ2) is 4.79. The van der Waals surface area contributed by atoms with Gasteiger partial charge >= 0.3 is 0 Å². The molecule has 4 nitrogen and oxygen atoms in total. The van der Waals surface area contributed by atoms with Crippen LogP contribution in [0.5, 0.6) is 11.5 Å². The Morgan fingerprint density at radius 3 is 2.67 bits per heavy atom. The number of hydrogen-bond donors (Lipinski definition) is 3. The number of phenolic OH excluding ortho intramolecular Hbond substituents is 2. The van der Waals surface area contributed by atoms with Crippen LogP contribution in [0.25, 0.3) is 0 Å². The first-order valence-electron chi connectivity index (χ1n) is 4.80. The number of carbonyl (C=O) groups excluding carboxylic acids is 1. The fourth-order valence-electron chi connectivity index (χ4n) is 1.15. The quantitative estimate of drug-likeness (QED) is 0.516. The van der Waals surface area contributed by atoms with Crippen molar-refractivity contribution in [2.24, 2.45) is 0 Å². The first kappa shape index (κ1) is 11.5. The Hall–Kier alpha value is -1.55. The molecule has 1 aromatic rings. The van der Waals surface area contributed by atoms with Crippen molar-refractivity contribution in [3.63, 3.8) is 0 Å². The van der Waals surface area contributed by atoms with Crippen LogP contribution in [0.3, 0.4) is 0 Å². The lowest BCUT2D eigenvalue weighted by Crippen LogP contribution is -2.29. The lowest BCUT2D eigenvalue weighted by Gasteiger charge is -2.08. The van der Waals surface area contributed by atoms with Gasteiger partial charge in [0.15, 0.2) is 17.3 Å². The monoisotopic (exact) mass is 209 g/mol. The van der Waals surface area contributed by atoms with Crippen molar-refractivity contribution in [2.45, 2.75) is 19.9 Å². The van der Waals surface area contributed by atoms with Crippen molar-refractivity contribution in [2.75, 3.05) is 6.54 Å². The molecule has 0 heterocycles. The number of para-hydroxylation sites is 1. The number of Topliss-reactive ketones (excluding diaryl/α,β-unsaturated/α-hetero) is 1. The number of aromatic hydroxyl groups is 2. The maximum atomic E-state index is 11.6. The first-order chi connectivity index (χ1) is 7.02. The standard InChI is InChI=1S/C11H15NO3/c1-7(2)12-6-10(14)8-4-3-5-9(13)11(8)15/h3-5,7,12-13,15H,6H2,1-2H3. The van der Waals surface area contributed by atoms with Gasteiger partial charge in [0.2, 0.25) is 0 Å². The summed E-state index contributed by atoms with van der Waals surface area (Å²) in [6.45, 7) is 4.00. The molecular formula is C11H15NO3. The third-order valence-corrected chi connectivity index (χ3v) is 1.99. The number of hydrogen-bond acceptors (Lipinski definition) is 4. The van der Waals surface area contributed by atoms with Crippen LogP contribution < -0.4 is 5.32 Å². The Kier molecular flexibility index (Phi) is 3.68. The summed E-state index contributed by atoms with van der Waals surface area (Å²) in [5, 5.41) is 21.6. The van der Waals surface area contributed by atoms with Crippen molar-refractivity contribution in [1.82, 2.24) is 5.32 Å². The predicted octanol–water partition coefficient (Wildman–Crippen LogP) is 1.28. The number of phenols is 2. The van der Waals surface area contributed by atoms with Crippen LogP contribution in [0, 0.1) is 0 Å². The molecule has 0 aliphatic heterocycles. The number of rotatable bonds is 4. The number of carbonyl (C=O) groups is 1. The van der Waals surface area contributed by atoms with Crippen LogP contribution in [0.15, 0.2) is 18.2 Å². The molecule has 15 heavy (non-hydrogen) atoms. The molecule has 0 amide bonds. The summed E-state index contributed by atoms with van der Waals surface area (Å²) in [5.41, 5.74) is 0.142. The zero-order chi connectivity index (χ0) is 11.4. The van der Waals surface area contributed by atoms with Crippen LogP contribution >= 0.6 is 0 Å². The SMILES string of the molecule is CC(C)NCC(=O)c1cccc(O)c1O. The summed E-state index contributed by atoms with van der Waals surface area (Å²) >= 11 is 0. The van der Waals surface area contributed by atoms with Gasteiger partial charge in [0, 0.05) is 6.04 Å². The summed E-state index contributed by atoms with van der Waals surface area (Å²) in [7, 11) is 0. The smallest absolute Gasteiger partial charge is 0.180 e. The topological polar surface area (TPSA) is 69.6 Å². The van der Waals surface area contributed by atoms with Crippen LogP contribution in [0.4, 0.5) is 0 Å². The third kappa shape index (κ3) is 2.95. The molecule has 0 atom stereocenters. The van der Waals surface area contributed by atoms with E-state index >= 15 is 0 Å². The van der Waals surface area contributed by atoms with Crippen LogP contribution in [-0.2, 0) is 0 Å². The van der Waals surface area contributed by atoms with E-state index in [1.165, 1.54) is 18.2 Å². The van der Waals surface area contributed by atoms with Gasteiger partial charge in [0.25, 0.3) is 0 Å². The first-order valence-corrected chi connectivity index (χ1v) is 4.80. The predicted molar refractivity (Wildman–Crippen MR) is 57.2 cm³/mol. The van der Waals surface area contributed by atoms with Gasteiger partial charge in [0.1, 0.15) is 0 Å². The molecule has 4 heteroatoms. The highest BCUT2D eigenvalue weighted by Crippen LogP contribution is 2.28. The van der Waals surface area contributed by atoms with E-state index in [9.17, 15) is 15.0 Å². The summed E-state index contributed by atoms with van der Waals surface area (Å²) in [6.07, 6.45) is 0. The van der Waals surface area contributed by atoms with E-state index in [1.54, 1.807) is 0 Å². The summed E-state index contributed by atoms with van der Waals surface area (Å²) in [4.78, 5) is 11.6. The highest BCUT2D eigenvalue weighted by molar-refractivity contribution is 6.00. The second-order valence-electron chi connectivity index (χ2n) is 3.63. The molecule has 0 aliphatic rings. The maximum absolute atomic E-state index is 11.6. The van der Waals surface area contributed by atoms with Gasteiger partial charge in [-0.15, -0.1) is 0 Å². The van der Waals surface area contributed by atoms with Gasteiger partial charge in [-0.1, -0.05) is 19.9 Å². The molecular weight excluding hydrogens is 194 g/mol. The maximum Gasteiger partial charge on any atom is 0.180 e. The lowest BCUT2D eigenvalue weighted by molar-refractivity contribution is 0.0985. The van der Waals surface area contributed by atoms with E-state index < -0.39 is 0 Å². The molecule has 82 valence electrons. The fourth-order valence-corrected chi connectivity index (χ4v) is 1.15. The molecule has 0 unspecified atom stereocenters. The summed E-state index contributed by atoms with van der Waals surface area (Å²) in [6, 6.07) is 4.55. The molecule has 0 aromatic heterocycles. The van der Waals surface area contributed by atoms with Crippen molar-refractivity contribution >= 4 is 5.78 Å². The van der Waals surface area contributed by atoms with Crippen molar-refractivity contribution in [3.05, 3.63) is 23.8 Å². The van der Waals surface area contributed by atoms with E-state index in [4.69, 9.17) is 0 Å². The van der Waals surface area contributed by atoms with Gasteiger partial charge < -0.3 is 15.5 Å². The van der Waals surface area contributed by atoms with Crippen molar-refractivity contribution in [3.8, 4) is 11.5 Å². The molecule has 0 aliphatic carbocycles. The molecule has 0 saturated carbocycles. The van der Waals surface area contributed by atoms with E-state index in [0.717, 1.165) is 0 Å². The fraction of sp³-hybridized carbons (Fsp3) is 0.364. The van der Waals surface area contributed by atoms with Gasteiger partial charge in [-0.25, -0.2) is 0 Å². The van der Waals surface area contributed by atoms with Crippen molar-refractivity contribution < 1.29 is 15.0 Å². The van der Waals surface area contributed by atoms with E-state index in [2.05, 4.69) is 5.32 Å². The molecule has 1 rings (SSSR count). The van der Waals surface area contributed by atoms with Crippen LogP contribution in [0.2, 0.25) is 0 Å². The normalized spacial score (nSPS) is 10.6. The molecule has 0 spiro atoms. The molecule has 0 radical (unpaired) electrons. The number of ketones is 1. The Morgan fingerprint density at radius 1 is 1.40 bits per heavy atom. The zero-order valence-corrected chi connectivity index (χ0v) is 8.82. The third-order valence-electron chi connectivity index (χ3n) is 1.99. The van der Waals surface area contributed by atoms with Crippen LogP contribution in [0.1, 0.15) is 24.2 Å². The van der Waals surface area contributed by atoms with Gasteiger partial charge in [-0.2, -0.15) is 0 Å². The number of nitrogens with one attached hydrogen (secondary N) is 1. The minimum absolute atomic E-state index is 0.142. The highest BCUT2D eigenvalue weighted by atomic mass is 16.3. The zero-order valence-electron chi connectivity index (χ0n) is 8.82. The molecule has 1 aromatic carbocycles. The van der Waals surface area contributed by atoms with E-state index in [-0.39, 0.29) is 35.4 Å². The highest BCUT2D eigenvalue weighted by Gasteiger charge is 2.13. The van der Waals surface area contributed by atoms with Gasteiger partial charge in [-0.05, 0) is 12.1 Å². The molecule has 3 N–H and O–H groups in total. The Morgan fingerprint density at radius 2 is 2.07 bits per heavy atom. The molecule has 0 fully saturated rings. The van der Waals surface area contributed by atoms with Crippen molar-refractivity contribution in [1.29, 1.82) is 0 Å². The molecule has 0 saturated heterocycles. The summed E-state index contributed by atoms with van der Waals surface area (Å²) in [5.74, 6) is -0.865.